The van der Waals surface area contributed by atoms with Crippen LogP contribution in [-0.4, -0.2) is 83.4 Å². The quantitative estimate of drug-likeness (QED) is 0.282. The number of carbonyl (C=O) groups excluding carboxylic acids is 4. The van der Waals surface area contributed by atoms with Crippen LogP contribution < -0.4 is 5.32 Å². The van der Waals surface area contributed by atoms with Gasteiger partial charge in [-0.3, -0.25) is 19.2 Å². The van der Waals surface area contributed by atoms with E-state index in [4.69, 9.17) is 19.0 Å². The average molecular weight is 634 g/mol. The first-order valence-electron chi connectivity index (χ1n) is 15.2. The molecular formula is C34H51NO10. The maximum Gasteiger partial charge on any atom is 0.316 e. The summed E-state index contributed by atoms with van der Waals surface area (Å²) < 4.78 is 15.9. The van der Waals surface area contributed by atoms with E-state index in [2.05, 4.69) is 5.32 Å². The fourth-order valence-electron chi connectivity index (χ4n) is 5.12. The second-order valence-electron chi connectivity index (χ2n) is 11.8. The van der Waals surface area contributed by atoms with Gasteiger partial charge >= 0.3 is 5.97 Å². The third-order valence-corrected chi connectivity index (χ3v) is 8.05. The SMILES string of the molecule is CCNC(=O)Cc1ccccc1-c1ccco1.CO.CO[C@@]1(C)CCC(=O)C(C)C(=O)OC[C@@](C)(O)C(O)C(C)C(=O)[C@H](C)C1. The summed E-state index contributed by atoms with van der Waals surface area (Å²) in [6, 6.07) is 11.5. The minimum absolute atomic E-state index is 0.0338. The molecule has 11 heteroatoms. The molecule has 1 aliphatic rings. The number of benzene rings is 1. The van der Waals surface area contributed by atoms with Gasteiger partial charge in [0.15, 0.2) is 0 Å². The first-order valence-corrected chi connectivity index (χ1v) is 15.2. The zero-order valence-corrected chi connectivity index (χ0v) is 27.8. The van der Waals surface area contributed by atoms with E-state index in [0.717, 1.165) is 24.0 Å². The van der Waals surface area contributed by atoms with Crippen LogP contribution in [-0.2, 0) is 35.1 Å². The first kappa shape index (κ1) is 39.6. The van der Waals surface area contributed by atoms with Crippen LogP contribution in [0.4, 0.5) is 0 Å². The molecule has 0 spiro atoms. The minimum atomic E-state index is -1.80. The van der Waals surface area contributed by atoms with Crippen molar-refractivity contribution in [2.45, 2.75) is 84.5 Å². The van der Waals surface area contributed by atoms with Gasteiger partial charge in [-0.15, -0.1) is 0 Å². The molecule has 1 saturated heterocycles. The van der Waals surface area contributed by atoms with Crippen molar-refractivity contribution in [2.75, 3.05) is 27.4 Å². The van der Waals surface area contributed by atoms with E-state index in [1.165, 1.54) is 21.0 Å². The molecule has 1 amide bonds. The third kappa shape index (κ3) is 11.8. The Bertz CT molecular complexity index is 1210. The molecular weight excluding hydrogens is 582 g/mol. The molecule has 4 N–H and O–H groups in total. The zero-order chi connectivity index (χ0) is 34.4. The van der Waals surface area contributed by atoms with E-state index in [0.29, 0.717) is 25.8 Å². The molecule has 1 aliphatic heterocycles. The predicted molar refractivity (Wildman–Crippen MR) is 169 cm³/mol. The summed E-state index contributed by atoms with van der Waals surface area (Å²) in [5.74, 6) is -2.68. The van der Waals surface area contributed by atoms with Crippen LogP contribution in [0.1, 0.15) is 66.4 Å². The van der Waals surface area contributed by atoms with Gasteiger partial charge in [0.2, 0.25) is 5.91 Å². The van der Waals surface area contributed by atoms with Crippen LogP contribution in [0, 0.1) is 17.8 Å². The Labute approximate surface area is 266 Å². The highest BCUT2D eigenvalue weighted by molar-refractivity contribution is 5.98. The van der Waals surface area contributed by atoms with Crippen molar-refractivity contribution < 1.29 is 48.4 Å². The van der Waals surface area contributed by atoms with Gasteiger partial charge in [0.25, 0.3) is 0 Å². The summed E-state index contributed by atoms with van der Waals surface area (Å²) in [5, 5.41) is 30.7. The van der Waals surface area contributed by atoms with Crippen LogP contribution >= 0.6 is 0 Å². The third-order valence-electron chi connectivity index (χ3n) is 8.05. The van der Waals surface area contributed by atoms with Gasteiger partial charge < -0.3 is 34.5 Å². The zero-order valence-electron chi connectivity index (χ0n) is 27.8. The first-order chi connectivity index (χ1) is 21.2. The fraction of sp³-hybridized carbons (Fsp3) is 0.588. The molecule has 1 fully saturated rings. The minimum Gasteiger partial charge on any atom is -0.464 e. The number of amides is 1. The van der Waals surface area contributed by atoms with Gasteiger partial charge in [0, 0.05) is 44.6 Å². The summed E-state index contributed by atoms with van der Waals surface area (Å²) in [4.78, 5) is 48.7. The van der Waals surface area contributed by atoms with Gasteiger partial charge in [-0.25, -0.2) is 0 Å². The van der Waals surface area contributed by atoms with Crippen molar-refractivity contribution in [3.63, 3.8) is 0 Å². The molecule has 45 heavy (non-hydrogen) atoms. The number of ether oxygens (including phenoxy) is 2. The van der Waals surface area contributed by atoms with Crippen LogP contribution in [0.5, 0.6) is 0 Å². The monoisotopic (exact) mass is 633 g/mol. The molecule has 3 rings (SSSR count). The van der Waals surface area contributed by atoms with Crippen LogP contribution in [0.15, 0.2) is 47.1 Å². The van der Waals surface area contributed by atoms with Crippen LogP contribution in [0.25, 0.3) is 11.3 Å². The van der Waals surface area contributed by atoms with Crippen LogP contribution in [0.3, 0.4) is 0 Å². The maximum atomic E-state index is 12.7. The topological polar surface area (TPSA) is 173 Å². The maximum absolute atomic E-state index is 12.7. The molecule has 11 nitrogen and oxygen atoms in total. The Balaban J connectivity index is 0.000000458. The Hall–Kier alpha value is -3.38. The lowest BCUT2D eigenvalue weighted by Crippen LogP contribution is -2.51. The molecule has 0 aliphatic carbocycles. The number of hydrogen-bond donors (Lipinski definition) is 4. The Kier molecular flexibility index (Phi) is 16.3. The number of rotatable bonds is 5. The number of carbonyl (C=O) groups is 4. The Morgan fingerprint density at radius 2 is 1.71 bits per heavy atom. The molecule has 252 valence electrons. The van der Waals surface area contributed by atoms with Crippen molar-refractivity contribution in [3.05, 3.63) is 48.2 Å². The smallest absolute Gasteiger partial charge is 0.316 e. The van der Waals surface area contributed by atoms with Gasteiger partial charge in [0.1, 0.15) is 35.5 Å². The van der Waals surface area contributed by atoms with E-state index >= 15 is 0 Å². The number of esters is 1. The molecule has 2 heterocycles. The van der Waals surface area contributed by atoms with E-state index in [-0.39, 0.29) is 23.9 Å². The lowest BCUT2D eigenvalue weighted by molar-refractivity contribution is -0.169. The summed E-state index contributed by atoms with van der Waals surface area (Å²) in [6.07, 6.45) is 1.46. The number of ketones is 2. The van der Waals surface area contributed by atoms with Gasteiger partial charge in [-0.2, -0.15) is 0 Å². The number of aliphatic hydroxyl groups excluding tert-OH is 2. The van der Waals surface area contributed by atoms with Crippen molar-refractivity contribution >= 4 is 23.4 Å². The average Bonchev–Trinajstić information content (AvgIpc) is 3.57. The number of cyclic esters (lactones) is 1. The second-order valence-corrected chi connectivity index (χ2v) is 11.8. The summed E-state index contributed by atoms with van der Waals surface area (Å²) in [5.41, 5.74) is -0.565. The Morgan fingerprint density at radius 1 is 1.07 bits per heavy atom. The van der Waals surface area contributed by atoms with E-state index < -0.39 is 47.6 Å². The van der Waals surface area contributed by atoms with Crippen molar-refractivity contribution in [1.29, 1.82) is 0 Å². The number of likely N-dealkylation sites (N-methyl/N-ethyl adjacent to an activating group) is 1. The summed E-state index contributed by atoms with van der Waals surface area (Å²) >= 11 is 0. The van der Waals surface area contributed by atoms with Crippen molar-refractivity contribution in [3.8, 4) is 11.3 Å². The number of furan rings is 1. The highest BCUT2D eigenvalue weighted by atomic mass is 16.5. The van der Waals surface area contributed by atoms with Crippen LogP contribution in [0.2, 0.25) is 0 Å². The molecule has 1 aromatic heterocycles. The lowest BCUT2D eigenvalue weighted by Gasteiger charge is -2.35. The molecule has 3 unspecified atom stereocenters. The number of Topliss-reactive ketones (excluding diaryl/α,β-unsaturated/α-hetero) is 2. The summed E-state index contributed by atoms with van der Waals surface area (Å²) in [6.45, 7) is 9.94. The summed E-state index contributed by atoms with van der Waals surface area (Å²) in [7, 11) is 2.52. The normalized spacial score (nSPS) is 27.9. The number of hydrogen-bond acceptors (Lipinski definition) is 10. The second kappa shape index (κ2) is 18.6. The molecule has 1 aromatic carbocycles. The van der Waals surface area contributed by atoms with Gasteiger partial charge in [-0.05, 0) is 58.2 Å². The molecule has 0 saturated carbocycles. The molecule has 0 bridgehead atoms. The molecule has 0 radical (unpaired) electrons. The highest BCUT2D eigenvalue weighted by Gasteiger charge is 2.42. The van der Waals surface area contributed by atoms with E-state index in [9.17, 15) is 29.4 Å². The lowest BCUT2D eigenvalue weighted by atomic mass is 9.78. The predicted octanol–water partition coefficient (Wildman–Crippen LogP) is 3.51. The largest absolute Gasteiger partial charge is 0.464 e. The molecule has 6 atom stereocenters. The fourth-order valence-corrected chi connectivity index (χ4v) is 5.12. The van der Waals surface area contributed by atoms with Crippen molar-refractivity contribution in [1.82, 2.24) is 5.32 Å². The van der Waals surface area contributed by atoms with Gasteiger partial charge in [-0.1, -0.05) is 38.1 Å². The highest BCUT2D eigenvalue weighted by Crippen LogP contribution is 2.31. The van der Waals surface area contributed by atoms with E-state index in [1.54, 1.807) is 20.1 Å². The standard InChI is InChI=1S/C19H32O7.C14H15NO2.CH4O/c1-11-9-18(4,25-6)8-7-14(20)12(2)17(23)26-10-19(5,24)16(22)13(3)15(11)21;1-2-15-14(16)10-11-6-3-4-7-12(11)13-8-5-9-17-13;1-2/h11-13,16,22,24H,7-10H2,1-6H3;3-9H,2,10H2,1H3,(H,15,16);2H,1H3/t11-,12?,13?,16?,18+,19-;;/m1../s1. The van der Waals surface area contributed by atoms with Gasteiger partial charge in [0.05, 0.1) is 24.4 Å². The number of methoxy groups -OCH3 is 1. The number of aliphatic hydroxyl groups is 3. The number of nitrogens with one attached hydrogen (secondary N) is 1. The van der Waals surface area contributed by atoms with Crippen molar-refractivity contribution in [2.24, 2.45) is 17.8 Å². The molecule has 2 aromatic rings. The van der Waals surface area contributed by atoms with E-state index in [1.807, 2.05) is 50.2 Å². The Morgan fingerprint density at radius 3 is 2.29 bits per heavy atom.